The van der Waals surface area contributed by atoms with Crippen molar-refractivity contribution in [2.24, 2.45) is 7.05 Å². The van der Waals surface area contributed by atoms with Crippen LogP contribution in [0.2, 0.25) is 0 Å². The van der Waals surface area contributed by atoms with Crippen molar-refractivity contribution in [2.45, 2.75) is 24.3 Å². The number of imidazole rings is 1. The maximum atomic E-state index is 13.6. The number of rotatable bonds is 7. The highest BCUT2D eigenvalue weighted by atomic mass is 32.2. The summed E-state index contributed by atoms with van der Waals surface area (Å²) in [6, 6.07) is 28.2. The van der Waals surface area contributed by atoms with E-state index in [0.717, 1.165) is 33.8 Å². The highest BCUT2D eigenvalue weighted by molar-refractivity contribution is 7.98. The second kappa shape index (κ2) is 9.88. The Morgan fingerprint density at radius 2 is 1.62 bits per heavy atom. The van der Waals surface area contributed by atoms with Gasteiger partial charge in [-0.2, -0.15) is 0 Å². The Labute approximate surface area is 193 Å². The molecule has 0 spiro atoms. The predicted molar refractivity (Wildman–Crippen MR) is 133 cm³/mol. The number of nitrogens with zero attached hydrogens (tertiary/aromatic N) is 2. The van der Waals surface area contributed by atoms with E-state index in [9.17, 15) is 4.79 Å². The van der Waals surface area contributed by atoms with Crippen LogP contribution in [0.25, 0.3) is 22.6 Å². The number of hydrogen-bond donors (Lipinski definition) is 1. The lowest BCUT2D eigenvalue weighted by atomic mass is 10.0. The summed E-state index contributed by atoms with van der Waals surface area (Å²) in [5.41, 5.74) is 4.28. The standard InChI is InChI=1S/C27H27N3OS/c1-4-23(19-12-7-5-8-13-19)28-27(31)25-24(21-16-11-17-22(18-21)32-3)29-26(30(25)2)20-14-9-6-10-15-20/h5-18,23H,4H2,1-3H3,(H,28,31). The van der Waals surface area contributed by atoms with Crippen LogP contribution in [0.3, 0.4) is 0 Å². The van der Waals surface area contributed by atoms with Gasteiger partial charge in [-0.25, -0.2) is 4.98 Å². The first kappa shape index (κ1) is 21.9. The quantitative estimate of drug-likeness (QED) is 0.340. The SMILES string of the molecule is CCC(NC(=O)c1c(-c2cccc(SC)c2)nc(-c2ccccc2)n1C)c1ccccc1. The van der Waals surface area contributed by atoms with Crippen LogP contribution >= 0.6 is 11.8 Å². The van der Waals surface area contributed by atoms with E-state index in [4.69, 9.17) is 4.98 Å². The highest BCUT2D eigenvalue weighted by Gasteiger charge is 2.25. The van der Waals surface area contributed by atoms with Crippen LogP contribution in [0.15, 0.2) is 89.8 Å². The van der Waals surface area contributed by atoms with Gasteiger partial charge in [0.15, 0.2) is 0 Å². The van der Waals surface area contributed by atoms with Crippen molar-refractivity contribution >= 4 is 17.7 Å². The third-order valence-corrected chi connectivity index (χ3v) is 6.33. The molecule has 32 heavy (non-hydrogen) atoms. The number of amides is 1. The molecule has 0 bridgehead atoms. The molecule has 0 fully saturated rings. The summed E-state index contributed by atoms with van der Waals surface area (Å²) < 4.78 is 1.91. The van der Waals surface area contributed by atoms with Crippen molar-refractivity contribution in [3.05, 3.63) is 96.2 Å². The van der Waals surface area contributed by atoms with Gasteiger partial charge < -0.3 is 9.88 Å². The highest BCUT2D eigenvalue weighted by Crippen LogP contribution is 2.31. The maximum Gasteiger partial charge on any atom is 0.270 e. The van der Waals surface area contributed by atoms with Crippen LogP contribution in [-0.4, -0.2) is 21.7 Å². The average Bonchev–Trinajstić information content (AvgIpc) is 3.20. The van der Waals surface area contributed by atoms with Crippen molar-refractivity contribution in [3.8, 4) is 22.6 Å². The number of benzene rings is 3. The molecular weight excluding hydrogens is 414 g/mol. The summed E-state index contributed by atoms with van der Waals surface area (Å²) in [5, 5.41) is 3.24. The molecule has 1 N–H and O–H groups in total. The zero-order chi connectivity index (χ0) is 22.5. The molecule has 0 aliphatic heterocycles. The van der Waals surface area contributed by atoms with Crippen molar-refractivity contribution in [2.75, 3.05) is 6.26 Å². The van der Waals surface area contributed by atoms with Crippen LogP contribution in [0.4, 0.5) is 0 Å². The minimum absolute atomic E-state index is 0.0656. The van der Waals surface area contributed by atoms with Crippen LogP contribution < -0.4 is 5.32 Å². The molecule has 0 radical (unpaired) electrons. The molecule has 0 aliphatic rings. The van der Waals surface area contributed by atoms with E-state index in [1.807, 2.05) is 78.5 Å². The average molecular weight is 442 g/mol. The van der Waals surface area contributed by atoms with E-state index >= 15 is 0 Å². The van der Waals surface area contributed by atoms with E-state index in [2.05, 4.69) is 36.5 Å². The summed E-state index contributed by atoms with van der Waals surface area (Å²) in [7, 11) is 1.91. The first-order chi connectivity index (χ1) is 15.6. The predicted octanol–water partition coefficient (Wildman–Crippen LogP) is 6.36. The van der Waals surface area contributed by atoms with E-state index < -0.39 is 0 Å². The molecule has 5 heteroatoms. The topological polar surface area (TPSA) is 46.9 Å². The Morgan fingerprint density at radius 3 is 2.28 bits per heavy atom. The van der Waals surface area contributed by atoms with Crippen LogP contribution in [0.5, 0.6) is 0 Å². The second-order valence-electron chi connectivity index (χ2n) is 7.63. The number of nitrogens with one attached hydrogen (secondary N) is 1. The molecule has 1 unspecified atom stereocenters. The Morgan fingerprint density at radius 1 is 0.969 bits per heavy atom. The molecular formula is C27H27N3OS. The first-order valence-electron chi connectivity index (χ1n) is 10.7. The summed E-state index contributed by atoms with van der Waals surface area (Å²) in [6.45, 7) is 2.08. The third-order valence-electron chi connectivity index (χ3n) is 5.60. The van der Waals surface area contributed by atoms with Gasteiger partial charge in [-0.3, -0.25) is 4.79 Å². The number of hydrogen-bond acceptors (Lipinski definition) is 3. The van der Waals surface area contributed by atoms with Gasteiger partial charge in [-0.15, -0.1) is 11.8 Å². The van der Waals surface area contributed by atoms with Crippen LogP contribution in [-0.2, 0) is 7.05 Å². The van der Waals surface area contributed by atoms with Gasteiger partial charge in [0.2, 0.25) is 0 Å². The van der Waals surface area contributed by atoms with Crippen molar-refractivity contribution in [3.63, 3.8) is 0 Å². The molecule has 1 heterocycles. The summed E-state index contributed by atoms with van der Waals surface area (Å²) in [6.07, 6.45) is 2.85. The lowest BCUT2D eigenvalue weighted by Crippen LogP contribution is -2.30. The lowest BCUT2D eigenvalue weighted by Gasteiger charge is -2.18. The van der Waals surface area contributed by atoms with Gasteiger partial charge in [0.1, 0.15) is 17.2 Å². The van der Waals surface area contributed by atoms with Gasteiger partial charge in [0, 0.05) is 23.1 Å². The zero-order valence-electron chi connectivity index (χ0n) is 18.6. The minimum Gasteiger partial charge on any atom is -0.344 e. The molecule has 4 nitrogen and oxygen atoms in total. The van der Waals surface area contributed by atoms with Gasteiger partial charge in [0.25, 0.3) is 5.91 Å². The molecule has 4 aromatic rings. The summed E-state index contributed by atoms with van der Waals surface area (Å²) >= 11 is 1.68. The Hall–Kier alpha value is -3.31. The Bertz CT molecular complexity index is 1200. The van der Waals surface area contributed by atoms with Crippen LogP contribution in [0, 0.1) is 0 Å². The fourth-order valence-electron chi connectivity index (χ4n) is 3.91. The number of carbonyl (C=O) groups is 1. The van der Waals surface area contributed by atoms with Gasteiger partial charge in [-0.1, -0.05) is 79.7 Å². The first-order valence-corrected chi connectivity index (χ1v) is 12.0. The number of carbonyl (C=O) groups excluding carboxylic acids is 1. The van der Waals surface area contributed by atoms with Gasteiger partial charge >= 0.3 is 0 Å². The van der Waals surface area contributed by atoms with E-state index in [1.54, 1.807) is 11.8 Å². The van der Waals surface area contributed by atoms with Gasteiger partial charge in [0.05, 0.1) is 6.04 Å². The van der Waals surface area contributed by atoms with E-state index in [0.29, 0.717) is 11.4 Å². The fourth-order valence-corrected chi connectivity index (χ4v) is 4.37. The molecule has 0 saturated carbocycles. The van der Waals surface area contributed by atoms with Crippen molar-refractivity contribution in [1.82, 2.24) is 14.9 Å². The monoisotopic (exact) mass is 441 g/mol. The van der Waals surface area contributed by atoms with E-state index in [1.165, 1.54) is 0 Å². The molecule has 1 amide bonds. The molecule has 1 aromatic heterocycles. The Kier molecular flexibility index (Phi) is 6.76. The minimum atomic E-state index is -0.123. The molecule has 0 saturated heterocycles. The number of thioether (sulfide) groups is 1. The van der Waals surface area contributed by atoms with Crippen LogP contribution in [0.1, 0.15) is 35.4 Å². The summed E-state index contributed by atoms with van der Waals surface area (Å²) in [5.74, 6) is 0.649. The Balaban J connectivity index is 1.80. The van der Waals surface area contributed by atoms with Gasteiger partial charge in [-0.05, 0) is 30.4 Å². The van der Waals surface area contributed by atoms with Crippen molar-refractivity contribution < 1.29 is 4.79 Å². The molecule has 0 aliphatic carbocycles. The molecule has 1 atom stereocenters. The van der Waals surface area contributed by atoms with Crippen molar-refractivity contribution in [1.29, 1.82) is 0 Å². The number of aromatic nitrogens is 2. The maximum absolute atomic E-state index is 13.6. The second-order valence-corrected chi connectivity index (χ2v) is 8.51. The molecule has 4 rings (SSSR count). The lowest BCUT2D eigenvalue weighted by molar-refractivity contribution is 0.0928. The fraction of sp³-hybridized carbons (Fsp3) is 0.185. The normalized spacial score (nSPS) is 11.8. The van der Waals surface area contributed by atoms with E-state index in [-0.39, 0.29) is 11.9 Å². The largest absolute Gasteiger partial charge is 0.344 e. The smallest absolute Gasteiger partial charge is 0.270 e. The zero-order valence-corrected chi connectivity index (χ0v) is 19.4. The summed E-state index contributed by atoms with van der Waals surface area (Å²) in [4.78, 5) is 19.7. The third kappa shape index (κ3) is 4.48. The molecule has 162 valence electrons. The molecule has 3 aromatic carbocycles.